The molecule has 0 radical (unpaired) electrons. The maximum absolute atomic E-state index is 9.74. The lowest BCUT2D eigenvalue weighted by Gasteiger charge is -2.12. The molecule has 1 aromatic carbocycles. The van der Waals surface area contributed by atoms with Gasteiger partial charge in [0.25, 0.3) is 0 Å². The summed E-state index contributed by atoms with van der Waals surface area (Å²) < 4.78 is 0. The number of nitrogens with one attached hydrogen (secondary N) is 1. The van der Waals surface area contributed by atoms with Gasteiger partial charge in [-0.3, -0.25) is 0 Å². The van der Waals surface area contributed by atoms with E-state index in [4.69, 9.17) is 5.11 Å². The molecule has 0 aliphatic rings. The topological polar surface area (TPSA) is 78.3 Å². The van der Waals surface area contributed by atoms with Gasteiger partial charge in [0.15, 0.2) is 0 Å². The third kappa shape index (κ3) is 2.94. The Morgan fingerprint density at radius 1 is 1.27 bits per heavy atom. The Kier molecular flexibility index (Phi) is 4.33. The van der Waals surface area contributed by atoms with Crippen LogP contribution in [0.3, 0.4) is 0 Å². The van der Waals surface area contributed by atoms with Gasteiger partial charge in [0.1, 0.15) is 22.6 Å². The Hall–Kier alpha value is -2.02. The number of rotatable bonds is 5. The highest BCUT2D eigenvalue weighted by Crippen LogP contribution is 2.28. The zero-order chi connectivity index (χ0) is 15.5. The average Bonchev–Trinajstić information content (AvgIpc) is 3.03. The van der Waals surface area contributed by atoms with Crippen molar-refractivity contribution < 1.29 is 10.2 Å². The number of aryl methyl sites for hydroxylation is 1. The second-order valence-electron chi connectivity index (χ2n) is 4.93. The fraction of sp³-hybridized carbons (Fsp3) is 0.250. The third-order valence-electron chi connectivity index (χ3n) is 3.39. The molecule has 22 heavy (non-hydrogen) atoms. The summed E-state index contributed by atoms with van der Waals surface area (Å²) in [6, 6.07) is 9.33. The first-order chi connectivity index (χ1) is 10.7. The second-order valence-corrected chi connectivity index (χ2v) is 5.82. The molecule has 0 aliphatic carbocycles. The number of aliphatic hydroxyl groups is 2. The molecule has 0 fully saturated rings. The Morgan fingerprint density at radius 3 is 2.91 bits per heavy atom. The summed E-state index contributed by atoms with van der Waals surface area (Å²) in [5, 5.41) is 25.1. The normalized spacial score (nSPS) is 12.5. The van der Waals surface area contributed by atoms with Gasteiger partial charge in [-0.15, -0.1) is 11.3 Å². The first-order valence-electron chi connectivity index (χ1n) is 7.11. The van der Waals surface area contributed by atoms with Gasteiger partial charge in [0.2, 0.25) is 0 Å². The molecule has 0 amide bonds. The first-order valence-corrected chi connectivity index (χ1v) is 7.99. The zero-order valence-corrected chi connectivity index (χ0v) is 13.0. The van der Waals surface area contributed by atoms with Crippen LogP contribution >= 0.6 is 11.3 Å². The van der Waals surface area contributed by atoms with Gasteiger partial charge >= 0.3 is 0 Å². The number of hydrogen-bond acceptors (Lipinski definition) is 6. The summed E-state index contributed by atoms with van der Waals surface area (Å²) in [6.07, 6.45) is -0.106. The van der Waals surface area contributed by atoms with E-state index in [0.29, 0.717) is 5.56 Å². The van der Waals surface area contributed by atoms with Crippen LogP contribution in [0.5, 0.6) is 0 Å². The van der Waals surface area contributed by atoms with E-state index in [-0.39, 0.29) is 6.61 Å². The molecule has 0 bridgehead atoms. The van der Waals surface area contributed by atoms with Crippen LogP contribution in [0.2, 0.25) is 0 Å². The van der Waals surface area contributed by atoms with Crippen LogP contribution < -0.4 is 5.32 Å². The molecular formula is C16H17N3O2S. The molecule has 3 aromatic rings. The molecule has 3 rings (SSSR count). The summed E-state index contributed by atoms with van der Waals surface area (Å²) in [6.45, 7) is 1.72. The molecule has 0 saturated carbocycles. The number of thiophene rings is 1. The maximum atomic E-state index is 9.74. The van der Waals surface area contributed by atoms with E-state index in [1.165, 1.54) is 0 Å². The van der Waals surface area contributed by atoms with Crippen LogP contribution in [-0.4, -0.2) is 26.8 Å². The summed E-state index contributed by atoms with van der Waals surface area (Å²) >= 11 is 1.59. The van der Waals surface area contributed by atoms with E-state index in [9.17, 15) is 5.11 Å². The Bertz CT molecular complexity index is 788. The molecule has 3 N–H and O–H groups in total. The Morgan fingerprint density at radius 2 is 2.14 bits per heavy atom. The minimum Gasteiger partial charge on any atom is -0.393 e. The van der Waals surface area contributed by atoms with Gasteiger partial charge in [-0.2, -0.15) is 0 Å². The quantitative estimate of drug-likeness (QED) is 0.674. The number of nitrogens with zero attached hydrogens (tertiary/aromatic N) is 2. The SMILES string of the molecule is CCc1nc(Nc2cccc([C@H](O)CO)c2)c2ccsc2n1. The number of fused-ring (bicyclic) bond motifs is 1. The first kappa shape index (κ1) is 14.9. The van der Waals surface area contributed by atoms with E-state index >= 15 is 0 Å². The van der Waals surface area contributed by atoms with E-state index in [1.807, 2.05) is 36.6 Å². The van der Waals surface area contributed by atoms with Crippen molar-refractivity contribution in [3.05, 3.63) is 47.1 Å². The average molecular weight is 315 g/mol. The predicted molar refractivity (Wildman–Crippen MR) is 88.6 cm³/mol. The number of hydrogen-bond donors (Lipinski definition) is 3. The van der Waals surface area contributed by atoms with Crippen molar-refractivity contribution in [3.8, 4) is 0 Å². The fourth-order valence-electron chi connectivity index (χ4n) is 2.22. The highest BCUT2D eigenvalue weighted by molar-refractivity contribution is 7.16. The van der Waals surface area contributed by atoms with Gasteiger partial charge in [-0.05, 0) is 29.1 Å². The van der Waals surface area contributed by atoms with Crippen molar-refractivity contribution in [1.82, 2.24) is 9.97 Å². The molecule has 5 nitrogen and oxygen atoms in total. The molecule has 0 unspecified atom stereocenters. The van der Waals surface area contributed by atoms with Crippen molar-refractivity contribution in [2.45, 2.75) is 19.4 Å². The molecule has 0 aliphatic heterocycles. The maximum Gasteiger partial charge on any atom is 0.142 e. The van der Waals surface area contributed by atoms with Gasteiger partial charge in [-0.25, -0.2) is 9.97 Å². The van der Waals surface area contributed by atoms with Crippen molar-refractivity contribution in [2.75, 3.05) is 11.9 Å². The largest absolute Gasteiger partial charge is 0.393 e. The minimum atomic E-state index is -0.875. The molecule has 0 spiro atoms. The monoisotopic (exact) mass is 315 g/mol. The highest BCUT2D eigenvalue weighted by atomic mass is 32.1. The Labute approximate surface area is 132 Å². The minimum absolute atomic E-state index is 0.300. The lowest BCUT2D eigenvalue weighted by molar-refractivity contribution is 0.0956. The van der Waals surface area contributed by atoms with Crippen molar-refractivity contribution in [3.63, 3.8) is 0 Å². The zero-order valence-electron chi connectivity index (χ0n) is 12.2. The van der Waals surface area contributed by atoms with E-state index in [1.54, 1.807) is 17.4 Å². The lowest BCUT2D eigenvalue weighted by Crippen LogP contribution is -2.04. The molecule has 1 atom stereocenters. The van der Waals surface area contributed by atoms with Crippen LogP contribution in [0.15, 0.2) is 35.7 Å². The summed E-state index contributed by atoms with van der Waals surface area (Å²) in [5.41, 5.74) is 1.48. The summed E-state index contributed by atoms with van der Waals surface area (Å²) in [7, 11) is 0. The Balaban J connectivity index is 1.97. The van der Waals surface area contributed by atoms with E-state index < -0.39 is 6.10 Å². The predicted octanol–water partition coefficient (Wildman–Crippen LogP) is 3.02. The van der Waals surface area contributed by atoms with Crippen LogP contribution in [0.4, 0.5) is 11.5 Å². The number of benzene rings is 1. The van der Waals surface area contributed by atoms with Gasteiger partial charge < -0.3 is 15.5 Å². The molecule has 114 valence electrons. The molecular weight excluding hydrogens is 298 g/mol. The van der Waals surface area contributed by atoms with Crippen LogP contribution in [0.25, 0.3) is 10.2 Å². The van der Waals surface area contributed by atoms with Gasteiger partial charge in [0.05, 0.1) is 12.0 Å². The van der Waals surface area contributed by atoms with E-state index in [2.05, 4.69) is 15.3 Å². The molecule has 2 aromatic heterocycles. The van der Waals surface area contributed by atoms with Crippen molar-refractivity contribution in [1.29, 1.82) is 0 Å². The van der Waals surface area contributed by atoms with Crippen LogP contribution in [0.1, 0.15) is 24.4 Å². The van der Waals surface area contributed by atoms with Crippen molar-refractivity contribution in [2.24, 2.45) is 0 Å². The third-order valence-corrected chi connectivity index (χ3v) is 4.20. The number of aromatic nitrogens is 2. The summed E-state index contributed by atoms with van der Waals surface area (Å²) in [5.74, 6) is 1.56. The highest BCUT2D eigenvalue weighted by Gasteiger charge is 2.10. The molecule has 6 heteroatoms. The lowest BCUT2D eigenvalue weighted by atomic mass is 10.1. The van der Waals surface area contributed by atoms with Gasteiger partial charge in [0, 0.05) is 12.1 Å². The number of anilines is 2. The fourth-order valence-corrected chi connectivity index (χ4v) is 3.00. The summed E-state index contributed by atoms with van der Waals surface area (Å²) in [4.78, 5) is 10.0. The molecule has 2 heterocycles. The molecule has 0 saturated heterocycles. The second kappa shape index (κ2) is 6.39. The number of aliphatic hydroxyl groups excluding tert-OH is 2. The van der Waals surface area contributed by atoms with E-state index in [0.717, 1.165) is 34.0 Å². The van der Waals surface area contributed by atoms with Crippen molar-refractivity contribution >= 4 is 33.1 Å². The van der Waals surface area contributed by atoms with Crippen LogP contribution in [0, 0.1) is 0 Å². The van der Waals surface area contributed by atoms with Gasteiger partial charge in [-0.1, -0.05) is 19.1 Å². The standard InChI is InChI=1S/C16H17N3O2S/c1-2-14-18-15(12-6-7-22-16(12)19-14)17-11-5-3-4-10(8-11)13(21)9-20/h3-8,13,20-21H,2,9H2,1H3,(H,17,18,19)/t13-/m1/s1. The smallest absolute Gasteiger partial charge is 0.142 e. The van der Waals surface area contributed by atoms with Crippen LogP contribution in [-0.2, 0) is 6.42 Å².